The highest BCUT2D eigenvalue weighted by Crippen LogP contribution is 2.28. The molecule has 0 atom stereocenters. The smallest absolute Gasteiger partial charge is 0.272 e. The Kier molecular flexibility index (Phi) is 3.87. The molecule has 1 aliphatic heterocycles. The molecule has 0 unspecified atom stereocenters. The molecule has 3 aromatic heterocycles. The van der Waals surface area contributed by atoms with Crippen LogP contribution in [0.1, 0.15) is 45.5 Å². The molecule has 130 valence electrons. The van der Waals surface area contributed by atoms with E-state index in [1.54, 1.807) is 6.92 Å². The van der Waals surface area contributed by atoms with Crippen molar-refractivity contribution in [3.8, 4) is 0 Å². The van der Waals surface area contributed by atoms with Gasteiger partial charge in [0.15, 0.2) is 5.65 Å². The first-order valence-electron chi connectivity index (χ1n) is 8.20. The molecule has 4 rings (SSSR count). The van der Waals surface area contributed by atoms with Gasteiger partial charge in [-0.2, -0.15) is 0 Å². The van der Waals surface area contributed by atoms with Crippen molar-refractivity contribution in [2.75, 3.05) is 13.1 Å². The number of nitrogens with one attached hydrogen (secondary N) is 1. The summed E-state index contributed by atoms with van der Waals surface area (Å²) in [6, 6.07) is 3.45. The summed E-state index contributed by atoms with van der Waals surface area (Å²) < 4.78 is 5.32. The zero-order chi connectivity index (χ0) is 17.6. The minimum Gasteiger partial charge on any atom is -0.338 e. The minimum absolute atomic E-state index is 0.0103. The summed E-state index contributed by atoms with van der Waals surface area (Å²) in [4.78, 5) is 31.4. The van der Waals surface area contributed by atoms with E-state index < -0.39 is 0 Å². The number of hydrogen-bond donors (Lipinski definition) is 1. The van der Waals surface area contributed by atoms with E-state index in [1.165, 1.54) is 10.6 Å². The van der Waals surface area contributed by atoms with Gasteiger partial charge >= 0.3 is 0 Å². The third-order valence-electron chi connectivity index (χ3n) is 4.67. The van der Waals surface area contributed by atoms with Gasteiger partial charge in [-0.3, -0.25) is 14.7 Å². The first-order valence-corrected chi connectivity index (χ1v) is 8.98. The van der Waals surface area contributed by atoms with Crippen molar-refractivity contribution < 1.29 is 4.79 Å². The highest BCUT2D eigenvalue weighted by molar-refractivity contribution is 7.07. The molecule has 25 heavy (non-hydrogen) atoms. The van der Waals surface area contributed by atoms with E-state index in [0.29, 0.717) is 35.0 Å². The molecule has 4 heterocycles. The van der Waals surface area contributed by atoms with Crippen molar-refractivity contribution in [3.05, 3.63) is 44.4 Å². The summed E-state index contributed by atoms with van der Waals surface area (Å²) in [6.07, 6.45) is 1.69. The van der Waals surface area contributed by atoms with Gasteiger partial charge < -0.3 is 4.90 Å². The molecule has 0 bridgehead atoms. The van der Waals surface area contributed by atoms with Gasteiger partial charge in [0.1, 0.15) is 4.88 Å². The quantitative estimate of drug-likeness (QED) is 0.749. The van der Waals surface area contributed by atoms with Crippen molar-refractivity contribution >= 4 is 23.1 Å². The van der Waals surface area contributed by atoms with Gasteiger partial charge in [0, 0.05) is 42.5 Å². The molecule has 1 saturated heterocycles. The van der Waals surface area contributed by atoms with E-state index in [1.807, 2.05) is 17.9 Å². The second kappa shape index (κ2) is 6.07. The number of carbonyl (C=O) groups is 1. The van der Waals surface area contributed by atoms with Crippen molar-refractivity contribution in [3.63, 3.8) is 0 Å². The fourth-order valence-electron chi connectivity index (χ4n) is 3.30. The maximum Gasteiger partial charge on any atom is 0.272 e. The number of hydrogen-bond acceptors (Lipinski definition) is 6. The van der Waals surface area contributed by atoms with Crippen molar-refractivity contribution in [2.45, 2.75) is 32.6 Å². The lowest BCUT2D eigenvalue weighted by atomic mass is 9.93. The highest BCUT2D eigenvalue weighted by atomic mass is 32.1. The number of aryl methyl sites for hydroxylation is 2. The summed E-state index contributed by atoms with van der Waals surface area (Å²) in [5.41, 5.74) is 2.94. The molecule has 9 heteroatoms. The Morgan fingerprint density at radius 1 is 1.28 bits per heavy atom. The van der Waals surface area contributed by atoms with Gasteiger partial charge in [0.2, 0.25) is 0 Å². The Balaban J connectivity index is 1.50. The molecule has 1 aliphatic rings. The van der Waals surface area contributed by atoms with E-state index in [-0.39, 0.29) is 17.4 Å². The lowest BCUT2D eigenvalue weighted by molar-refractivity contribution is 0.0716. The van der Waals surface area contributed by atoms with Crippen molar-refractivity contribution in [1.29, 1.82) is 0 Å². The number of nitrogens with zero attached hydrogens (tertiary/aromatic N) is 5. The van der Waals surface area contributed by atoms with Gasteiger partial charge in [-0.25, -0.2) is 9.50 Å². The molecular formula is C16H18N6O2S. The van der Waals surface area contributed by atoms with Crippen molar-refractivity contribution in [1.82, 2.24) is 29.1 Å². The number of likely N-dealkylation sites (tertiary alicyclic amines) is 1. The van der Waals surface area contributed by atoms with Crippen LogP contribution < -0.4 is 5.56 Å². The number of rotatable bonds is 2. The van der Waals surface area contributed by atoms with E-state index in [9.17, 15) is 9.59 Å². The van der Waals surface area contributed by atoms with Gasteiger partial charge in [0.05, 0.1) is 5.69 Å². The number of piperidine rings is 1. The Bertz CT molecular complexity index is 996. The fraction of sp³-hybridized carbons (Fsp3) is 0.438. The molecule has 0 aromatic carbocycles. The molecule has 0 spiro atoms. The fourth-order valence-corrected chi connectivity index (χ4v) is 3.93. The number of amides is 1. The average Bonchev–Trinajstić information content (AvgIpc) is 3.20. The van der Waals surface area contributed by atoms with Crippen LogP contribution in [-0.4, -0.2) is 48.1 Å². The number of fused-ring (bicyclic) bond motifs is 1. The summed E-state index contributed by atoms with van der Waals surface area (Å²) in [5.74, 6) is 0.294. The molecule has 1 fully saturated rings. The van der Waals surface area contributed by atoms with Crippen LogP contribution in [0.15, 0.2) is 16.9 Å². The summed E-state index contributed by atoms with van der Waals surface area (Å²) in [6.45, 7) is 4.98. The van der Waals surface area contributed by atoms with Crippen LogP contribution in [0, 0.1) is 13.8 Å². The van der Waals surface area contributed by atoms with E-state index in [4.69, 9.17) is 0 Å². The van der Waals surface area contributed by atoms with E-state index in [2.05, 4.69) is 19.7 Å². The third kappa shape index (κ3) is 2.84. The Hall–Kier alpha value is -2.55. The van der Waals surface area contributed by atoms with Crippen LogP contribution in [0.5, 0.6) is 0 Å². The predicted molar refractivity (Wildman–Crippen MR) is 93.1 cm³/mol. The second-order valence-corrected chi connectivity index (χ2v) is 7.15. The van der Waals surface area contributed by atoms with E-state index >= 15 is 0 Å². The summed E-state index contributed by atoms with van der Waals surface area (Å²) in [5, 5.41) is 7.07. The monoisotopic (exact) mass is 358 g/mol. The molecular weight excluding hydrogens is 340 g/mol. The average molecular weight is 358 g/mol. The maximum absolute atomic E-state index is 12.5. The van der Waals surface area contributed by atoms with Gasteiger partial charge in [0.25, 0.3) is 11.5 Å². The number of aromatic nitrogens is 5. The standard InChI is InChI=1S/C16H18N6O2S/c1-9-7-14(23)22-13(17-9)8-12(19-22)11-3-5-21(6-4-11)16(24)15-10(2)18-20-25-15/h7-8,11,19H,3-6H2,1-2H3. The zero-order valence-corrected chi connectivity index (χ0v) is 14.8. The molecule has 1 N–H and O–H groups in total. The van der Waals surface area contributed by atoms with Crippen LogP contribution in [0.3, 0.4) is 0 Å². The van der Waals surface area contributed by atoms with Crippen LogP contribution >= 0.6 is 11.5 Å². The highest BCUT2D eigenvalue weighted by Gasteiger charge is 2.27. The summed E-state index contributed by atoms with van der Waals surface area (Å²) >= 11 is 1.15. The Morgan fingerprint density at radius 3 is 2.72 bits per heavy atom. The van der Waals surface area contributed by atoms with E-state index in [0.717, 1.165) is 30.1 Å². The maximum atomic E-state index is 12.5. The third-order valence-corrected chi connectivity index (χ3v) is 5.48. The molecule has 3 aromatic rings. The van der Waals surface area contributed by atoms with Crippen LogP contribution in [0.2, 0.25) is 0 Å². The molecule has 0 aliphatic carbocycles. The normalized spacial score (nSPS) is 15.8. The van der Waals surface area contributed by atoms with Crippen LogP contribution in [-0.2, 0) is 0 Å². The minimum atomic E-state index is -0.102. The van der Waals surface area contributed by atoms with Crippen molar-refractivity contribution in [2.24, 2.45) is 0 Å². The largest absolute Gasteiger partial charge is 0.338 e. The number of carbonyl (C=O) groups excluding carboxylic acids is 1. The van der Waals surface area contributed by atoms with Gasteiger partial charge in [-0.15, -0.1) is 5.10 Å². The SMILES string of the molecule is Cc1cc(=O)n2[nH]c(C3CCN(C(=O)c4snnc4C)CC3)cc2n1. The number of aromatic amines is 1. The lowest BCUT2D eigenvalue weighted by Gasteiger charge is -2.31. The predicted octanol–water partition coefficient (Wildman–Crippen LogP) is 1.51. The molecule has 0 radical (unpaired) electrons. The second-order valence-electron chi connectivity index (χ2n) is 6.39. The lowest BCUT2D eigenvalue weighted by Crippen LogP contribution is -2.38. The van der Waals surface area contributed by atoms with Crippen LogP contribution in [0.25, 0.3) is 5.65 Å². The van der Waals surface area contributed by atoms with Gasteiger partial charge in [-0.1, -0.05) is 4.49 Å². The first kappa shape index (κ1) is 15.9. The summed E-state index contributed by atoms with van der Waals surface area (Å²) in [7, 11) is 0. The Morgan fingerprint density at radius 2 is 2.04 bits per heavy atom. The van der Waals surface area contributed by atoms with Gasteiger partial charge in [-0.05, 0) is 38.2 Å². The molecule has 1 amide bonds. The topological polar surface area (TPSA) is 96.2 Å². The molecule has 0 saturated carbocycles. The number of H-pyrrole nitrogens is 1. The first-order chi connectivity index (χ1) is 12.0. The zero-order valence-electron chi connectivity index (χ0n) is 14.0. The molecule has 8 nitrogen and oxygen atoms in total. The Labute approximate surface area is 147 Å². The van der Waals surface area contributed by atoms with Crippen LogP contribution in [0.4, 0.5) is 0 Å².